The van der Waals surface area contributed by atoms with Gasteiger partial charge in [-0.25, -0.2) is 0 Å². The lowest BCUT2D eigenvalue weighted by Crippen LogP contribution is -2.15. The molecule has 30 heavy (non-hydrogen) atoms. The molecule has 2 aromatic rings. The smallest absolute Gasteiger partial charge is 0.313 e. The molecule has 0 unspecified atom stereocenters. The highest BCUT2D eigenvalue weighted by molar-refractivity contribution is 6.15. The molecule has 0 aromatic heterocycles. The quantitative estimate of drug-likeness (QED) is 0.380. The Labute approximate surface area is 177 Å². The molecule has 0 bridgehead atoms. The Hall–Kier alpha value is -3.34. The van der Waals surface area contributed by atoms with Gasteiger partial charge in [0.15, 0.2) is 17.3 Å². The third-order valence-electron chi connectivity index (χ3n) is 4.91. The fraction of sp³-hybridized carbons (Fsp3) is 0.280. The van der Waals surface area contributed by atoms with Crippen molar-refractivity contribution in [2.75, 3.05) is 14.2 Å². The lowest BCUT2D eigenvalue weighted by Gasteiger charge is -2.11. The van der Waals surface area contributed by atoms with Gasteiger partial charge in [0.2, 0.25) is 0 Å². The summed E-state index contributed by atoms with van der Waals surface area (Å²) in [7, 11) is 3.15. The van der Waals surface area contributed by atoms with Gasteiger partial charge in [-0.15, -0.1) is 0 Å². The van der Waals surface area contributed by atoms with Crippen LogP contribution in [-0.2, 0) is 9.59 Å². The van der Waals surface area contributed by atoms with Crippen LogP contribution in [0.5, 0.6) is 17.2 Å². The number of carbonyl (C=O) groups excluding carboxylic acids is 2. The molecule has 1 saturated carbocycles. The Morgan fingerprint density at radius 1 is 0.867 bits per heavy atom. The summed E-state index contributed by atoms with van der Waals surface area (Å²) < 4.78 is 15.9. The van der Waals surface area contributed by atoms with Crippen LogP contribution in [0.2, 0.25) is 0 Å². The van der Waals surface area contributed by atoms with E-state index in [1.54, 1.807) is 33.1 Å². The molecule has 0 N–H and O–H groups in total. The fourth-order valence-electron chi connectivity index (χ4n) is 3.17. The second-order valence-electron chi connectivity index (χ2n) is 7.43. The van der Waals surface area contributed by atoms with Gasteiger partial charge in [0, 0.05) is 11.1 Å². The molecule has 5 nitrogen and oxygen atoms in total. The molecular formula is C25H26O5. The Morgan fingerprint density at radius 2 is 1.47 bits per heavy atom. The van der Waals surface area contributed by atoms with E-state index in [0.29, 0.717) is 24.3 Å². The number of Topliss-reactive ketones (excluding diaryl/α,β-unsaturated/α-hetero) is 1. The van der Waals surface area contributed by atoms with Gasteiger partial charge in [-0.05, 0) is 60.4 Å². The number of esters is 1. The van der Waals surface area contributed by atoms with E-state index in [1.807, 2.05) is 42.5 Å². The lowest BCUT2D eigenvalue weighted by molar-refractivity contribution is -0.137. The van der Waals surface area contributed by atoms with E-state index >= 15 is 0 Å². The number of benzene rings is 2. The van der Waals surface area contributed by atoms with Gasteiger partial charge < -0.3 is 14.2 Å². The Bertz CT molecular complexity index is 997. The van der Waals surface area contributed by atoms with Gasteiger partial charge in [0.1, 0.15) is 5.75 Å². The van der Waals surface area contributed by atoms with Crippen LogP contribution in [0.25, 0.3) is 12.2 Å². The molecule has 1 aliphatic rings. The molecule has 156 valence electrons. The van der Waals surface area contributed by atoms with E-state index in [9.17, 15) is 9.59 Å². The van der Waals surface area contributed by atoms with E-state index in [0.717, 1.165) is 28.0 Å². The number of hydrogen-bond acceptors (Lipinski definition) is 5. The summed E-state index contributed by atoms with van der Waals surface area (Å²) in [6.07, 6.45) is 5.19. The van der Waals surface area contributed by atoms with Gasteiger partial charge in [-0.1, -0.05) is 32.0 Å². The molecule has 1 fully saturated rings. The first-order chi connectivity index (χ1) is 14.4. The number of rotatable bonds is 6. The summed E-state index contributed by atoms with van der Waals surface area (Å²) in [5, 5.41) is 0. The molecular weight excluding hydrogens is 380 g/mol. The molecule has 2 aromatic carbocycles. The highest BCUT2D eigenvalue weighted by Crippen LogP contribution is 2.33. The maximum Gasteiger partial charge on any atom is 0.313 e. The van der Waals surface area contributed by atoms with E-state index in [2.05, 4.69) is 0 Å². The first kappa shape index (κ1) is 21.4. The van der Waals surface area contributed by atoms with E-state index in [4.69, 9.17) is 14.2 Å². The van der Waals surface area contributed by atoms with E-state index < -0.39 is 0 Å². The monoisotopic (exact) mass is 406 g/mol. The molecule has 0 spiro atoms. The Morgan fingerprint density at radius 3 is 2.03 bits per heavy atom. The zero-order valence-electron chi connectivity index (χ0n) is 17.7. The third kappa shape index (κ3) is 4.98. The normalized spacial score (nSPS) is 16.4. The predicted molar refractivity (Wildman–Crippen MR) is 117 cm³/mol. The minimum absolute atomic E-state index is 0.0556. The lowest BCUT2D eigenvalue weighted by atomic mass is 10.1. The summed E-state index contributed by atoms with van der Waals surface area (Å²) in [6, 6.07) is 12.9. The van der Waals surface area contributed by atoms with Gasteiger partial charge >= 0.3 is 5.97 Å². The molecule has 0 saturated heterocycles. The third-order valence-corrected chi connectivity index (χ3v) is 4.91. The molecule has 5 heteroatoms. The summed E-state index contributed by atoms with van der Waals surface area (Å²) in [5.41, 5.74) is 3.34. The number of ketones is 1. The van der Waals surface area contributed by atoms with Crippen LogP contribution in [0.4, 0.5) is 0 Å². The van der Waals surface area contributed by atoms with Crippen molar-refractivity contribution in [3.63, 3.8) is 0 Å². The largest absolute Gasteiger partial charge is 0.497 e. The van der Waals surface area contributed by atoms with Crippen LogP contribution in [-0.4, -0.2) is 26.0 Å². The van der Waals surface area contributed by atoms with Crippen LogP contribution in [0.15, 0.2) is 53.6 Å². The molecule has 0 aliphatic heterocycles. The van der Waals surface area contributed by atoms with Gasteiger partial charge in [0.25, 0.3) is 0 Å². The first-order valence-corrected chi connectivity index (χ1v) is 9.91. The molecule has 0 atom stereocenters. The second-order valence-corrected chi connectivity index (χ2v) is 7.43. The minimum atomic E-state index is -0.321. The molecule has 3 rings (SSSR count). The van der Waals surface area contributed by atoms with Crippen molar-refractivity contribution < 1.29 is 23.8 Å². The molecule has 0 heterocycles. The van der Waals surface area contributed by atoms with Gasteiger partial charge in [-0.2, -0.15) is 0 Å². The maximum atomic E-state index is 12.8. The number of allylic oxidation sites excluding steroid dienone is 2. The predicted octanol–water partition coefficient (Wildman–Crippen LogP) is 5.10. The van der Waals surface area contributed by atoms with Crippen LogP contribution in [0, 0.1) is 5.92 Å². The van der Waals surface area contributed by atoms with Crippen molar-refractivity contribution in [2.45, 2.75) is 26.7 Å². The Kier molecular flexibility index (Phi) is 6.72. The summed E-state index contributed by atoms with van der Waals surface area (Å²) >= 11 is 0. The molecule has 0 radical (unpaired) electrons. The van der Waals surface area contributed by atoms with Crippen LogP contribution < -0.4 is 14.2 Å². The van der Waals surface area contributed by atoms with Crippen molar-refractivity contribution in [1.29, 1.82) is 0 Å². The maximum absolute atomic E-state index is 12.8. The number of carbonyl (C=O) groups is 2. The van der Waals surface area contributed by atoms with Gasteiger partial charge in [0.05, 0.1) is 20.1 Å². The number of hydrogen-bond donors (Lipinski definition) is 0. The molecule has 0 amide bonds. The first-order valence-electron chi connectivity index (χ1n) is 9.91. The highest BCUT2D eigenvalue weighted by atomic mass is 16.6. The zero-order valence-corrected chi connectivity index (χ0v) is 17.7. The average Bonchev–Trinajstić information content (AvgIpc) is 3.08. The topological polar surface area (TPSA) is 61.8 Å². The number of methoxy groups -OCH3 is 2. The second kappa shape index (κ2) is 9.44. The standard InChI is InChI=1S/C25H26O5/c1-16(2)25(27)30-22-12-7-18(15-23(22)29-4)14-20-9-8-19(24(20)26)13-17-5-10-21(28-3)11-6-17/h5-7,10-16H,8-9H2,1-4H3/b19-13+,20-14+. The zero-order chi connectivity index (χ0) is 21.7. The molecule has 1 aliphatic carbocycles. The van der Waals surface area contributed by atoms with Crippen molar-refractivity contribution in [2.24, 2.45) is 5.92 Å². The van der Waals surface area contributed by atoms with Crippen molar-refractivity contribution >= 4 is 23.9 Å². The van der Waals surface area contributed by atoms with Crippen molar-refractivity contribution in [1.82, 2.24) is 0 Å². The summed E-state index contributed by atoms with van der Waals surface area (Å²) in [4.78, 5) is 24.7. The highest BCUT2D eigenvalue weighted by Gasteiger charge is 2.23. The van der Waals surface area contributed by atoms with Crippen molar-refractivity contribution in [3.8, 4) is 17.2 Å². The van der Waals surface area contributed by atoms with E-state index in [1.165, 1.54) is 7.11 Å². The summed E-state index contributed by atoms with van der Waals surface area (Å²) in [5.74, 6) is 1.11. The SMILES string of the molecule is COc1ccc(/C=C2\CC/C(=C\c3ccc(OC(=O)C(C)C)c(OC)c3)C2=O)cc1. The van der Waals surface area contributed by atoms with Gasteiger partial charge in [-0.3, -0.25) is 9.59 Å². The van der Waals surface area contributed by atoms with Crippen LogP contribution >= 0.6 is 0 Å². The Balaban J connectivity index is 1.79. The fourth-order valence-corrected chi connectivity index (χ4v) is 3.17. The average molecular weight is 406 g/mol. The van der Waals surface area contributed by atoms with Crippen LogP contribution in [0.1, 0.15) is 37.8 Å². The summed E-state index contributed by atoms with van der Waals surface area (Å²) in [6.45, 7) is 3.55. The number of ether oxygens (including phenoxy) is 3. The van der Waals surface area contributed by atoms with Crippen LogP contribution in [0.3, 0.4) is 0 Å². The minimum Gasteiger partial charge on any atom is -0.497 e. The van der Waals surface area contributed by atoms with Crippen molar-refractivity contribution in [3.05, 3.63) is 64.7 Å². The van der Waals surface area contributed by atoms with E-state index in [-0.39, 0.29) is 17.7 Å².